The SMILES string of the molecule is Cc1nc2c(=O)n(C)c(N)nc2[nH]c1=O. The van der Waals surface area contributed by atoms with Gasteiger partial charge in [-0.05, 0) is 6.92 Å². The Labute approximate surface area is 83.6 Å². The number of fused-ring (bicyclic) bond motifs is 1. The first-order chi connectivity index (χ1) is 7.00. The van der Waals surface area contributed by atoms with Gasteiger partial charge in [0.1, 0.15) is 5.69 Å². The van der Waals surface area contributed by atoms with Crippen LogP contribution in [-0.4, -0.2) is 19.5 Å². The van der Waals surface area contributed by atoms with Crippen LogP contribution in [0.5, 0.6) is 0 Å². The van der Waals surface area contributed by atoms with Crippen molar-refractivity contribution in [3.8, 4) is 0 Å². The van der Waals surface area contributed by atoms with E-state index in [4.69, 9.17) is 5.73 Å². The van der Waals surface area contributed by atoms with E-state index in [1.807, 2.05) is 0 Å². The molecule has 2 heterocycles. The zero-order chi connectivity index (χ0) is 11.2. The van der Waals surface area contributed by atoms with E-state index in [0.29, 0.717) is 0 Å². The van der Waals surface area contributed by atoms with Gasteiger partial charge in [-0.1, -0.05) is 0 Å². The summed E-state index contributed by atoms with van der Waals surface area (Å²) in [6, 6.07) is 0. The van der Waals surface area contributed by atoms with Crippen molar-refractivity contribution < 1.29 is 0 Å². The van der Waals surface area contributed by atoms with Crippen LogP contribution in [0.4, 0.5) is 5.95 Å². The van der Waals surface area contributed by atoms with Gasteiger partial charge in [0.25, 0.3) is 11.1 Å². The van der Waals surface area contributed by atoms with E-state index in [1.54, 1.807) is 0 Å². The normalized spacial score (nSPS) is 10.8. The molecule has 0 unspecified atom stereocenters. The lowest BCUT2D eigenvalue weighted by molar-refractivity contribution is 0.849. The highest BCUT2D eigenvalue weighted by Crippen LogP contribution is 2.00. The molecular formula is C8H9N5O2. The van der Waals surface area contributed by atoms with Gasteiger partial charge in [-0.2, -0.15) is 4.98 Å². The van der Waals surface area contributed by atoms with Gasteiger partial charge in [0.2, 0.25) is 5.95 Å². The van der Waals surface area contributed by atoms with Crippen molar-refractivity contribution in [3.05, 3.63) is 26.4 Å². The number of nitrogens with one attached hydrogen (secondary N) is 1. The largest absolute Gasteiger partial charge is 0.369 e. The lowest BCUT2D eigenvalue weighted by atomic mass is 10.4. The third kappa shape index (κ3) is 1.28. The van der Waals surface area contributed by atoms with Crippen molar-refractivity contribution in [2.45, 2.75) is 6.92 Å². The van der Waals surface area contributed by atoms with Crippen molar-refractivity contribution in [2.75, 3.05) is 5.73 Å². The number of aryl methyl sites for hydroxylation is 1. The fourth-order valence-corrected chi connectivity index (χ4v) is 1.21. The topological polar surface area (TPSA) is 107 Å². The second-order valence-electron chi connectivity index (χ2n) is 3.18. The van der Waals surface area contributed by atoms with E-state index in [1.165, 1.54) is 18.5 Å². The molecule has 0 atom stereocenters. The smallest absolute Gasteiger partial charge is 0.282 e. The van der Waals surface area contributed by atoms with Crippen molar-refractivity contribution in [1.29, 1.82) is 0 Å². The van der Waals surface area contributed by atoms with Gasteiger partial charge >= 0.3 is 0 Å². The van der Waals surface area contributed by atoms with Crippen LogP contribution >= 0.6 is 0 Å². The van der Waals surface area contributed by atoms with Gasteiger partial charge in [0.15, 0.2) is 11.2 Å². The summed E-state index contributed by atoms with van der Waals surface area (Å²) >= 11 is 0. The Kier molecular flexibility index (Phi) is 1.82. The summed E-state index contributed by atoms with van der Waals surface area (Å²) in [5.74, 6) is 0.0359. The summed E-state index contributed by atoms with van der Waals surface area (Å²) < 4.78 is 1.17. The van der Waals surface area contributed by atoms with Gasteiger partial charge in [-0.15, -0.1) is 0 Å². The van der Waals surface area contributed by atoms with E-state index in [0.717, 1.165) is 0 Å². The van der Waals surface area contributed by atoms with Gasteiger partial charge in [-0.25, -0.2) is 4.98 Å². The molecule has 0 saturated carbocycles. The van der Waals surface area contributed by atoms with Crippen LogP contribution in [0.3, 0.4) is 0 Å². The van der Waals surface area contributed by atoms with Gasteiger partial charge in [0, 0.05) is 7.05 Å². The molecule has 2 aromatic heterocycles. The van der Waals surface area contributed by atoms with Crippen molar-refractivity contribution in [2.24, 2.45) is 7.05 Å². The molecule has 7 heteroatoms. The number of nitrogens with two attached hydrogens (primary N) is 1. The van der Waals surface area contributed by atoms with Gasteiger partial charge in [0.05, 0.1) is 0 Å². The lowest BCUT2D eigenvalue weighted by Gasteiger charge is -2.03. The maximum Gasteiger partial charge on any atom is 0.282 e. The molecule has 78 valence electrons. The zero-order valence-electron chi connectivity index (χ0n) is 8.24. The number of nitrogens with zero attached hydrogens (tertiary/aromatic N) is 3. The van der Waals surface area contributed by atoms with E-state index >= 15 is 0 Å². The van der Waals surface area contributed by atoms with Crippen LogP contribution in [-0.2, 0) is 7.05 Å². The highest BCUT2D eigenvalue weighted by atomic mass is 16.1. The fourth-order valence-electron chi connectivity index (χ4n) is 1.21. The molecule has 0 amide bonds. The number of nitrogen functional groups attached to an aromatic ring is 1. The maximum absolute atomic E-state index is 11.7. The molecule has 15 heavy (non-hydrogen) atoms. The summed E-state index contributed by atoms with van der Waals surface area (Å²) in [6.07, 6.45) is 0. The minimum atomic E-state index is -0.378. The van der Waals surface area contributed by atoms with Crippen LogP contribution in [0.25, 0.3) is 11.2 Å². The van der Waals surface area contributed by atoms with Crippen LogP contribution in [0.15, 0.2) is 9.59 Å². The Morgan fingerprint density at radius 2 is 2.00 bits per heavy atom. The maximum atomic E-state index is 11.7. The minimum absolute atomic E-state index is 0.0359. The molecule has 0 bridgehead atoms. The third-order valence-electron chi connectivity index (χ3n) is 2.14. The van der Waals surface area contributed by atoms with E-state index in [9.17, 15) is 9.59 Å². The van der Waals surface area contributed by atoms with Crippen molar-refractivity contribution in [1.82, 2.24) is 19.5 Å². The number of hydrogen-bond donors (Lipinski definition) is 2. The zero-order valence-corrected chi connectivity index (χ0v) is 8.24. The molecule has 0 aliphatic heterocycles. The van der Waals surface area contributed by atoms with E-state index in [2.05, 4.69) is 15.0 Å². The van der Waals surface area contributed by atoms with Crippen LogP contribution < -0.4 is 16.9 Å². The van der Waals surface area contributed by atoms with Crippen LogP contribution in [0.1, 0.15) is 5.69 Å². The first-order valence-corrected chi connectivity index (χ1v) is 4.24. The average molecular weight is 207 g/mol. The summed E-state index contributed by atoms with van der Waals surface area (Å²) in [4.78, 5) is 33.1. The number of aromatic nitrogens is 4. The Morgan fingerprint density at radius 1 is 1.33 bits per heavy atom. The minimum Gasteiger partial charge on any atom is -0.369 e. The van der Waals surface area contributed by atoms with Crippen LogP contribution in [0.2, 0.25) is 0 Å². The van der Waals surface area contributed by atoms with Gasteiger partial charge in [-0.3, -0.25) is 14.2 Å². The second kappa shape index (κ2) is 2.91. The Bertz CT molecular complexity index is 654. The standard InChI is InChI=1S/C8H9N5O2/c1-3-6(14)11-5-4(10-3)7(15)13(2)8(9)12-5/h1-2H3,(H3,9,11,12,14). The summed E-state index contributed by atoms with van der Waals surface area (Å²) in [7, 11) is 1.49. The Morgan fingerprint density at radius 3 is 2.67 bits per heavy atom. The summed E-state index contributed by atoms with van der Waals surface area (Å²) in [5, 5.41) is 0. The molecule has 0 radical (unpaired) electrons. The summed E-state index contributed by atoms with van der Waals surface area (Å²) in [5.41, 5.74) is 5.19. The van der Waals surface area contributed by atoms with E-state index < -0.39 is 0 Å². The highest BCUT2D eigenvalue weighted by Gasteiger charge is 2.09. The van der Waals surface area contributed by atoms with Crippen molar-refractivity contribution in [3.63, 3.8) is 0 Å². The highest BCUT2D eigenvalue weighted by molar-refractivity contribution is 5.69. The number of H-pyrrole nitrogens is 1. The number of aromatic amines is 1. The predicted octanol–water partition coefficient (Wildman–Crippen LogP) is -1.09. The quantitative estimate of drug-likeness (QED) is 0.570. The Balaban J connectivity index is 3.07. The molecule has 0 aliphatic rings. The fraction of sp³-hybridized carbons (Fsp3) is 0.250. The van der Waals surface area contributed by atoms with Gasteiger partial charge < -0.3 is 10.7 Å². The number of hydrogen-bond acceptors (Lipinski definition) is 5. The first-order valence-electron chi connectivity index (χ1n) is 4.24. The number of anilines is 1. The second-order valence-corrected chi connectivity index (χ2v) is 3.18. The molecule has 7 nitrogen and oxygen atoms in total. The monoisotopic (exact) mass is 207 g/mol. The van der Waals surface area contributed by atoms with E-state index in [-0.39, 0.29) is 33.9 Å². The molecule has 0 fully saturated rings. The van der Waals surface area contributed by atoms with Crippen LogP contribution in [0, 0.1) is 6.92 Å². The first kappa shape index (κ1) is 9.38. The predicted molar refractivity (Wildman–Crippen MR) is 54.5 cm³/mol. The molecule has 2 rings (SSSR count). The third-order valence-corrected chi connectivity index (χ3v) is 2.14. The molecule has 3 N–H and O–H groups in total. The molecular weight excluding hydrogens is 198 g/mol. The van der Waals surface area contributed by atoms with Crippen molar-refractivity contribution >= 4 is 17.1 Å². The lowest BCUT2D eigenvalue weighted by Crippen LogP contribution is -2.25. The average Bonchev–Trinajstić information content (AvgIpc) is 2.19. The Hall–Kier alpha value is -2.18. The molecule has 2 aromatic rings. The number of rotatable bonds is 0. The molecule has 0 saturated heterocycles. The molecule has 0 aliphatic carbocycles. The molecule has 0 aromatic carbocycles. The molecule has 0 spiro atoms. The summed E-state index contributed by atoms with van der Waals surface area (Å²) in [6.45, 7) is 1.52.